The Morgan fingerprint density at radius 2 is 1.38 bits per heavy atom. The summed E-state index contributed by atoms with van der Waals surface area (Å²) in [7, 11) is 0. The van der Waals surface area contributed by atoms with Gasteiger partial charge in [-0.2, -0.15) is 0 Å². The smallest absolute Gasteiger partial charge is 0.194 e. The lowest BCUT2D eigenvalue weighted by molar-refractivity contribution is -0.0104. The molecule has 0 radical (unpaired) electrons. The molecule has 6 aliphatic carbocycles. The molecular weight excluding hydrogens is 663 g/mol. The van der Waals surface area contributed by atoms with Crippen molar-refractivity contribution in [3.63, 3.8) is 0 Å². The predicted molar refractivity (Wildman–Crippen MR) is 236 cm³/mol. The van der Waals surface area contributed by atoms with E-state index in [2.05, 4.69) is 111 Å². The second kappa shape index (κ2) is 13.4. The minimum Gasteiger partial charge on any atom is -0.343 e. The third kappa shape index (κ3) is 6.15. The van der Waals surface area contributed by atoms with E-state index in [9.17, 15) is 0 Å². The summed E-state index contributed by atoms with van der Waals surface area (Å²) in [5, 5.41) is 0. The Balaban J connectivity index is 1.25. The van der Waals surface area contributed by atoms with Crippen molar-refractivity contribution in [1.82, 2.24) is 9.80 Å². The van der Waals surface area contributed by atoms with Crippen molar-refractivity contribution < 1.29 is 0 Å². The van der Waals surface area contributed by atoms with Crippen LogP contribution in [0, 0.1) is 51.2 Å². The quantitative estimate of drug-likeness (QED) is 0.205. The molecule has 0 aromatic carbocycles. The van der Waals surface area contributed by atoms with Crippen molar-refractivity contribution >= 4 is 6.71 Å². The molecule has 9 atom stereocenters. The minimum atomic E-state index is 0.167. The van der Waals surface area contributed by atoms with Gasteiger partial charge in [0.25, 0.3) is 0 Å². The van der Waals surface area contributed by atoms with Crippen molar-refractivity contribution in [2.45, 2.75) is 228 Å². The number of fused-ring (bicyclic) bond motifs is 5. The van der Waals surface area contributed by atoms with Crippen LogP contribution in [-0.4, -0.2) is 40.2 Å². The SMILES string of the molecule is CC1C=C2C3B(C4=C5C(CC(C6CCCCC6)=C4)C4(CCCCC4)C(C)(C)N25)C2CCC(C(C)(C)C)CC2N(C2C=C(C(C)(C)C)CC(C(C)(C)C)C2)C3C1. The van der Waals surface area contributed by atoms with Crippen LogP contribution in [0.15, 0.2) is 46.2 Å². The van der Waals surface area contributed by atoms with Crippen LogP contribution in [0.1, 0.15) is 192 Å². The molecule has 0 amide bonds. The summed E-state index contributed by atoms with van der Waals surface area (Å²) in [6, 6.07) is 1.86. The Bertz CT molecular complexity index is 1620. The summed E-state index contributed by atoms with van der Waals surface area (Å²) < 4.78 is 0. The van der Waals surface area contributed by atoms with Crippen LogP contribution in [0.2, 0.25) is 11.6 Å². The molecule has 3 heteroatoms. The zero-order valence-corrected chi connectivity index (χ0v) is 38.0. The highest BCUT2D eigenvalue weighted by Gasteiger charge is 2.69. The fraction of sp³-hybridized carbons (Fsp3) is 0.846. The molecule has 0 bridgehead atoms. The van der Waals surface area contributed by atoms with Crippen LogP contribution >= 0.6 is 0 Å². The lowest BCUT2D eigenvalue weighted by atomic mass is 9.22. The van der Waals surface area contributed by atoms with Gasteiger partial charge in [-0.3, -0.25) is 4.90 Å². The summed E-state index contributed by atoms with van der Waals surface area (Å²) in [4.78, 5) is 6.50. The summed E-state index contributed by atoms with van der Waals surface area (Å²) in [5.41, 5.74) is 10.7. The highest BCUT2D eigenvalue weighted by molar-refractivity contribution is 6.72. The Hall–Kier alpha value is -1.22. The number of hydrogen-bond donors (Lipinski definition) is 0. The zero-order chi connectivity index (χ0) is 39.0. The molecule has 3 aliphatic heterocycles. The number of hydrogen-bond acceptors (Lipinski definition) is 2. The topological polar surface area (TPSA) is 6.48 Å². The zero-order valence-electron chi connectivity index (χ0n) is 38.0. The van der Waals surface area contributed by atoms with Crippen LogP contribution in [0.4, 0.5) is 0 Å². The van der Waals surface area contributed by atoms with Crippen LogP contribution in [0.3, 0.4) is 0 Å². The van der Waals surface area contributed by atoms with Crippen LogP contribution in [-0.2, 0) is 0 Å². The van der Waals surface area contributed by atoms with Crippen molar-refractivity contribution in [3.8, 4) is 0 Å². The van der Waals surface area contributed by atoms with Crippen LogP contribution in [0.25, 0.3) is 0 Å². The molecule has 0 N–H and O–H groups in total. The first-order valence-electron chi connectivity index (χ1n) is 24.3. The van der Waals surface area contributed by atoms with Gasteiger partial charge in [0.1, 0.15) is 0 Å². The van der Waals surface area contributed by atoms with Gasteiger partial charge in [0, 0.05) is 46.4 Å². The molecule has 2 saturated heterocycles. The minimum absolute atomic E-state index is 0.167. The van der Waals surface area contributed by atoms with E-state index in [4.69, 9.17) is 0 Å². The van der Waals surface area contributed by atoms with Gasteiger partial charge in [0.05, 0.1) is 0 Å². The van der Waals surface area contributed by atoms with Crippen molar-refractivity contribution in [3.05, 3.63) is 46.2 Å². The first kappa shape index (κ1) is 39.3. The maximum atomic E-state index is 3.34. The molecule has 304 valence electrons. The molecule has 9 rings (SSSR count). The van der Waals surface area contributed by atoms with E-state index in [-0.39, 0.29) is 11.0 Å². The van der Waals surface area contributed by atoms with E-state index in [1.807, 2.05) is 22.4 Å². The standard InChI is InChI=1S/C52H83BN2/c1-33-25-44-46-45(26-33)55-47-40(52(51(55,11)12)23-17-14-18-24-52)27-35(34-19-15-13-16-20-34)28-42(47)53(46)41-22-21-36(48(2,3)4)32-43(41)54(44)39-30-37(49(5,6)7)29-38(31-39)50(8,9)10/h26,28,30,33-34,36,38-41,43-44,46H,13-25,27,29,31-32H2,1-12H3. The Labute approximate surface area is 340 Å². The summed E-state index contributed by atoms with van der Waals surface area (Å²) in [5.74, 6) is 5.11. The fourth-order valence-corrected chi connectivity index (χ4v) is 15.9. The molecule has 1 spiro atoms. The van der Waals surface area contributed by atoms with Crippen molar-refractivity contribution in [2.24, 2.45) is 51.2 Å². The maximum absolute atomic E-state index is 3.34. The molecule has 2 nitrogen and oxygen atoms in total. The number of nitrogens with zero attached hydrogens (tertiary/aromatic N) is 2. The maximum Gasteiger partial charge on any atom is 0.194 e. The third-order valence-electron chi connectivity index (χ3n) is 19.1. The van der Waals surface area contributed by atoms with Gasteiger partial charge >= 0.3 is 0 Å². The van der Waals surface area contributed by atoms with E-state index in [0.717, 1.165) is 29.5 Å². The highest BCUT2D eigenvalue weighted by atomic mass is 15.3. The van der Waals surface area contributed by atoms with Gasteiger partial charge < -0.3 is 4.90 Å². The lowest BCUT2D eigenvalue weighted by Crippen LogP contribution is -2.67. The van der Waals surface area contributed by atoms with Gasteiger partial charge in [0.15, 0.2) is 6.71 Å². The average Bonchev–Trinajstić information content (AvgIpc) is 3.31. The van der Waals surface area contributed by atoms with Gasteiger partial charge in [-0.25, -0.2) is 0 Å². The van der Waals surface area contributed by atoms with E-state index in [1.54, 1.807) is 5.57 Å². The summed E-state index contributed by atoms with van der Waals surface area (Å²) >= 11 is 0. The Morgan fingerprint density at radius 3 is 2.04 bits per heavy atom. The highest BCUT2D eigenvalue weighted by Crippen LogP contribution is 2.71. The molecule has 3 heterocycles. The monoisotopic (exact) mass is 747 g/mol. The van der Waals surface area contributed by atoms with Gasteiger partial charge in [0.2, 0.25) is 0 Å². The summed E-state index contributed by atoms with van der Waals surface area (Å²) in [6.07, 6.45) is 32.8. The van der Waals surface area contributed by atoms with Crippen molar-refractivity contribution in [1.29, 1.82) is 0 Å². The first-order valence-corrected chi connectivity index (χ1v) is 24.3. The number of rotatable bonds is 2. The fourth-order valence-electron chi connectivity index (χ4n) is 15.9. The lowest BCUT2D eigenvalue weighted by Gasteiger charge is -2.64. The van der Waals surface area contributed by atoms with Gasteiger partial charge in [-0.1, -0.05) is 155 Å². The average molecular weight is 747 g/mol. The van der Waals surface area contributed by atoms with Crippen LogP contribution < -0.4 is 0 Å². The van der Waals surface area contributed by atoms with E-state index in [1.165, 1.54) is 109 Å². The largest absolute Gasteiger partial charge is 0.343 e. The van der Waals surface area contributed by atoms with Gasteiger partial charge in [-0.05, 0) is 123 Å². The first-order chi connectivity index (χ1) is 25.8. The number of allylic oxidation sites excluding steroid dienone is 6. The molecule has 3 saturated carbocycles. The molecular formula is C52H83BN2. The second-order valence-corrected chi connectivity index (χ2v) is 25.3. The Morgan fingerprint density at radius 1 is 0.709 bits per heavy atom. The van der Waals surface area contributed by atoms with Crippen molar-refractivity contribution in [2.75, 3.05) is 0 Å². The predicted octanol–water partition coefficient (Wildman–Crippen LogP) is 14.2. The van der Waals surface area contributed by atoms with E-state index in [0.29, 0.717) is 52.8 Å². The van der Waals surface area contributed by atoms with E-state index < -0.39 is 0 Å². The second-order valence-electron chi connectivity index (χ2n) is 25.3. The third-order valence-corrected chi connectivity index (χ3v) is 19.1. The molecule has 55 heavy (non-hydrogen) atoms. The normalized spacial score (nSPS) is 39.3. The Kier molecular flexibility index (Phi) is 9.56. The summed E-state index contributed by atoms with van der Waals surface area (Å²) in [6.45, 7) is 31.7. The van der Waals surface area contributed by atoms with E-state index >= 15 is 0 Å². The molecule has 9 unspecified atom stereocenters. The molecule has 5 fully saturated rings. The molecule has 9 aliphatic rings. The van der Waals surface area contributed by atoms with Crippen LogP contribution in [0.5, 0.6) is 0 Å². The molecule has 0 aromatic heterocycles. The molecule has 0 aromatic rings. The van der Waals surface area contributed by atoms with Gasteiger partial charge in [-0.15, -0.1) is 0 Å².